The lowest BCUT2D eigenvalue weighted by Gasteiger charge is -2.08. The zero-order valence-corrected chi connectivity index (χ0v) is 13.3. The molecule has 3 aromatic rings. The summed E-state index contributed by atoms with van der Waals surface area (Å²) >= 11 is 0. The van der Waals surface area contributed by atoms with Crippen molar-refractivity contribution in [3.63, 3.8) is 0 Å². The largest absolute Gasteiger partial charge is 0.508 e. The molecule has 0 radical (unpaired) electrons. The van der Waals surface area contributed by atoms with Gasteiger partial charge in [-0.15, -0.1) is 0 Å². The van der Waals surface area contributed by atoms with Gasteiger partial charge >= 0.3 is 0 Å². The summed E-state index contributed by atoms with van der Waals surface area (Å²) in [5, 5.41) is 17.1. The van der Waals surface area contributed by atoms with Crippen LogP contribution in [0, 0.1) is 20.8 Å². The van der Waals surface area contributed by atoms with Crippen LogP contribution in [0.3, 0.4) is 0 Å². The molecule has 0 bridgehead atoms. The predicted molar refractivity (Wildman–Crippen MR) is 88.7 cm³/mol. The van der Waals surface area contributed by atoms with E-state index in [0.29, 0.717) is 17.0 Å². The Kier molecular flexibility index (Phi) is 3.78. The lowest BCUT2D eigenvalue weighted by Crippen LogP contribution is -2.15. The smallest absolute Gasteiger partial charge is 0.230 e. The van der Waals surface area contributed by atoms with Crippen LogP contribution in [0.4, 0.5) is 5.69 Å². The van der Waals surface area contributed by atoms with Crippen LogP contribution in [-0.2, 0) is 11.2 Å². The van der Waals surface area contributed by atoms with Crippen molar-refractivity contribution >= 4 is 22.6 Å². The van der Waals surface area contributed by atoms with Crippen LogP contribution in [-0.4, -0.2) is 16.2 Å². The highest BCUT2D eigenvalue weighted by Crippen LogP contribution is 2.24. The number of aryl methyl sites for hydroxylation is 3. The van der Waals surface area contributed by atoms with E-state index in [-0.39, 0.29) is 18.1 Å². The molecule has 0 unspecified atom stereocenters. The molecule has 0 spiro atoms. The Bertz CT molecular complexity index is 897. The molecule has 3 rings (SSSR count). The van der Waals surface area contributed by atoms with Gasteiger partial charge in [0.2, 0.25) is 5.91 Å². The zero-order valence-electron chi connectivity index (χ0n) is 13.3. The number of aromatic nitrogens is 1. The topological polar surface area (TPSA) is 75.4 Å². The van der Waals surface area contributed by atoms with Gasteiger partial charge in [-0.05, 0) is 67.8 Å². The summed E-state index contributed by atoms with van der Waals surface area (Å²) in [5.41, 5.74) is 5.05. The van der Waals surface area contributed by atoms with Gasteiger partial charge in [0.05, 0.1) is 6.42 Å². The van der Waals surface area contributed by atoms with Gasteiger partial charge < -0.3 is 14.9 Å². The Labute approximate surface area is 133 Å². The summed E-state index contributed by atoms with van der Waals surface area (Å²) in [4.78, 5) is 12.3. The molecule has 2 N–H and O–H groups in total. The Morgan fingerprint density at radius 3 is 2.61 bits per heavy atom. The number of carbonyl (C=O) groups is 1. The van der Waals surface area contributed by atoms with Crippen LogP contribution in [0.1, 0.15) is 22.4 Å². The number of hydrogen-bond donors (Lipinski definition) is 2. The van der Waals surface area contributed by atoms with Gasteiger partial charge in [-0.1, -0.05) is 5.16 Å². The number of aromatic hydroxyl groups is 1. The first-order valence-electron chi connectivity index (χ1n) is 7.39. The van der Waals surface area contributed by atoms with E-state index in [1.54, 1.807) is 18.2 Å². The number of phenols is 1. The normalized spacial score (nSPS) is 10.9. The molecule has 2 aromatic carbocycles. The number of rotatable bonds is 3. The first-order valence-corrected chi connectivity index (χ1v) is 7.39. The van der Waals surface area contributed by atoms with Crippen molar-refractivity contribution in [2.45, 2.75) is 27.2 Å². The number of anilines is 1. The number of fused-ring (bicyclic) bond motifs is 1. The molecule has 5 nitrogen and oxygen atoms in total. The number of carbonyl (C=O) groups excluding carboxylic acids is 1. The second-order valence-corrected chi connectivity index (χ2v) is 5.79. The van der Waals surface area contributed by atoms with Gasteiger partial charge in [0.15, 0.2) is 5.58 Å². The van der Waals surface area contributed by atoms with Gasteiger partial charge in [-0.3, -0.25) is 4.79 Å². The fourth-order valence-electron chi connectivity index (χ4n) is 2.51. The maximum Gasteiger partial charge on any atom is 0.230 e. The number of nitrogens with one attached hydrogen (secondary N) is 1. The van der Waals surface area contributed by atoms with Crippen molar-refractivity contribution in [1.29, 1.82) is 0 Å². The average molecular weight is 310 g/mol. The van der Waals surface area contributed by atoms with E-state index in [9.17, 15) is 9.90 Å². The molecule has 23 heavy (non-hydrogen) atoms. The summed E-state index contributed by atoms with van der Waals surface area (Å²) in [6, 6.07) is 8.75. The molecule has 0 saturated carbocycles. The first kappa shape index (κ1) is 15.1. The lowest BCUT2D eigenvalue weighted by atomic mass is 10.1. The number of benzene rings is 2. The summed E-state index contributed by atoms with van der Waals surface area (Å²) in [6.07, 6.45) is 0.135. The Morgan fingerprint density at radius 2 is 1.87 bits per heavy atom. The van der Waals surface area contributed by atoms with E-state index in [4.69, 9.17) is 4.52 Å². The fraction of sp³-hybridized carbons (Fsp3) is 0.222. The third-order valence-corrected chi connectivity index (χ3v) is 3.97. The minimum atomic E-state index is -0.174. The minimum Gasteiger partial charge on any atom is -0.508 e. The van der Waals surface area contributed by atoms with Crippen molar-refractivity contribution in [2.75, 3.05) is 5.32 Å². The first-order chi connectivity index (χ1) is 10.9. The quantitative estimate of drug-likeness (QED) is 0.724. The highest BCUT2D eigenvalue weighted by molar-refractivity contribution is 5.95. The van der Waals surface area contributed by atoms with E-state index in [1.165, 1.54) is 0 Å². The summed E-state index contributed by atoms with van der Waals surface area (Å²) in [6.45, 7) is 5.86. The Balaban J connectivity index is 1.81. The van der Waals surface area contributed by atoms with Crippen LogP contribution < -0.4 is 5.32 Å². The molecular formula is C18H18N2O3. The highest BCUT2D eigenvalue weighted by Gasteiger charge is 2.14. The van der Waals surface area contributed by atoms with Crippen LogP contribution >= 0.6 is 0 Å². The molecule has 1 amide bonds. The Morgan fingerprint density at radius 1 is 1.13 bits per heavy atom. The Hall–Kier alpha value is -2.82. The molecule has 0 fully saturated rings. The van der Waals surface area contributed by atoms with Gasteiger partial charge in [0.25, 0.3) is 0 Å². The maximum absolute atomic E-state index is 12.3. The van der Waals surface area contributed by atoms with E-state index < -0.39 is 0 Å². The van der Waals surface area contributed by atoms with Crippen LogP contribution in [0.2, 0.25) is 0 Å². The van der Waals surface area contributed by atoms with E-state index >= 15 is 0 Å². The summed E-state index contributed by atoms with van der Waals surface area (Å²) < 4.78 is 5.31. The molecule has 1 aromatic heterocycles. The molecule has 0 atom stereocenters. The standard InChI is InChI=1S/C18H18N2O3/c1-10-7-14-16(20-23-17(14)8-11(10)2)9-18(22)19-15-5-4-13(21)6-12(15)3/h4-8,21H,9H2,1-3H3,(H,19,22). The molecule has 1 heterocycles. The SMILES string of the molecule is Cc1cc2onc(CC(=O)Nc3ccc(O)cc3C)c2cc1C. The van der Waals surface area contributed by atoms with Gasteiger partial charge in [-0.25, -0.2) is 0 Å². The van der Waals surface area contributed by atoms with E-state index in [2.05, 4.69) is 10.5 Å². The third kappa shape index (κ3) is 3.04. The second-order valence-electron chi connectivity index (χ2n) is 5.79. The zero-order chi connectivity index (χ0) is 16.6. The highest BCUT2D eigenvalue weighted by atomic mass is 16.5. The number of amides is 1. The van der Waals surface area contributed by atoms with Crippen molar-refractivity contribution in [2.24, 2.45) is 0 Å². The van der Waals surface area contributed by atoms with Crippen molar-refractivity contribution < 1.29 is 14.4 Å². The molecule has 0 aliphatic carbocycles. The third-order valence-electron chi connectivity index (χ3n) is 3.97. The molecule has 0 aliphatic rings. The minimum absolute atomic E-state index is 0.135. The molecule has 118 valence electrons. The molecule has 0 aliphatic heterocycles. The lowest BCUT2D eigenvalue weighted by molar-refractivity contribution is -0.115. The van der Waals surface area contributed by atoms with Crippen LogP contribution in [0.25, 0.3) is 11.0 Å². The number of phenolic OH excluding ortho intramolecular Hbond substituents is 1. The van der Waals surface area contributed by atoms with Crippen LogP contribution in [0.15, 0.2) is 34.9 Å². The van der Waals surface area contributed by atoms with Crippen molar-refractivity contribution in [1.82, 2.24) is 5.16 Å². The van der Waals surface area contributed by atoms with Crippen LogP contribution in [0.5, 0.6) is 5.75 Å². The molecule has 0 saturated heterocycles. The van der Waals surface area contributed by atoms with Crippen molar-refractivity contribution in [3.05, 3.63) is 52.7 Å². The monoisotopic (exact) mass is 310 g/mol. The second kappa shape index (κ2) is 5.76. The summed E-state index contributed by atoms with van der Waals surface area (Å²) in [7, 11) is 0. The average Bonchev–Trinajstić information content (AvgIpc) is 2.85. The summed E-state index contributed by atoms with van der Waals surface area (Å²) in [5.74, 6) is 0.000979. The van der Waals surface area contributed by atoms with E-state index in [0.717, 1.165) is 22.1 Å². The fourth-order valence-corrected chi connectivity index (χ4v) is 2.51. The number of hydrogen-bond acceptors (Lipinski definition) is 4. The van der Waals surface area contributed by atoms with E-state index in [1.807, 2.05) is 32.9 Å². The van der Waals surface area contributed by atoms with Gasteiger partial charge in [-0.2, -0.15) is 0 Å². The molecule has 5 heteroatoms. The van der Waals surface area contributed by atoms with Gasteiger partial charge in [0.1, 0.15) is 11.4 Å². The maximum atomic E-state index is 12.3. The predicted octanol–water partition coefficient (Wildman–Crippen LogP) is 3.64. The van der Waals surface area contributed by atoms with Gasteiger partial charge in [0, 0.05) is 11.1 Å². The van der Waals surface area contributed by atoms with Crippen molar-refractivity contribution in [3.8, 4) is 5.75 Å². The molecular weight excluding hydrogens is 292 g/mol. The number of nitrogens with zero attached hydrogens (tertiary/aromatic N) is 1.